The summed E-state index contributed by atoms with van der Waals surface area (Å²) >= 11 is 3.46. The Morgan fingerprint density at radius 2 is 1.35 bits per heavy atom. The number of benzene rings is 2. The molecule has 0 unspecified atom stereocenters. The zero-order valence-electron chi connectivity index (χ0n) is 9.55. The van der Waals surface area contributed by atoms with Crippen LogP contribution in [0.15, 0.2) is 60.7 Å². The highest BCUT2D eigenvalue weighted by atomic mass is 79.9. The van der Waals surface area contributed by atoms with E-state index in [1.54, 1.807) is 0 Å². The second kappa shape index (κ2) is 6.74. The maximum absolute atomic E-state index is 6.06. The third-order valence-electron chi connectivity index (χ3n) is 2.57. The minimum atomic E-state index is -0.497. The Hall–Kier alpha value is -0.903. The van der Waals surface area contributed by atoms with E-state index in [0.717, 1.165) is 4.95 Å². The van der Waals surface area contributed by atoms with Gasteiger partial charge in [0.25, 0.3) is 0 Å². The van der Waals surface area contributed by atoms with Crippen molar-refractivity contribution in [2.45, 2.75) is 6.10 Å². The molecular formula is C14H15BrOSi. The molecule has 1 nitrogen and oxygen atoms in total. The largest absolute Gasteiger partial charge is 0.412 e. The number of alkyl halides is 1. The minimum absolute atomic E-state index is 0.0848. The Kier molecular flexibility index (Phi) is 4.98. The van der Waals surface area contributed by atoms with Crippen molar-refractivity contribution in [2.75, 3.05) is 4.95 Å². The smallest absolute Gasteiger partial charge is 0.173 e. The maximum atomic E-state index is 6.06. The van der Waals surface area contributed by atoms with Gasteiger partial charge >= 0.3 is 0 Å². The molecular weight excluding hydrogens is 292 g/mol. The van der Waals surface area contributed by atoms with E-state index in [4.69, 9.17) is 4.43 Å². The maximum Gasteiger partial charge on any atom is 0.173 e. The van der Waals surface area contributed by atoms with Gasteiger partial charge in [0.1, 0.15) is 0 Å². The summed E-state index contributed by atoms with van der Waals surface area (Å²) in [6, 6.07) is 20.8. The third kappa shape index (κ3) is 3.53. The van der Waals surface area contributed by atoms with Crippen LogP contribution in [0.5, 0.6) is 0 Å². The molecule has 0 radical (unpaired) electrons. The molecule has 0 saturated carbocycles. The van der Waals surface area contributed by atoms with Crippen molar-refractivity contribution in [2.24, 2.45) is 0 Å². The van der Waals surface area contributed by atoms with Gasteiger partial charge in [-0.1, -0.05) is 76.6 Å². The second-order valence-corrected chi connectivity index (χ2v) is 7.26. The molecule has 2 aromatic carbocycles. The Labute approximate surface area is 113 Å². The summed E-state index contributed by atoms with van der Waals surface area (Å²) in [5, 5.41) is 0. The van der Waals surface area contributed by atoms with Gasteiger partial charge in [-0.3, -0.25) is 0 Å². The third-order valence-corrected chi connectivity index (χ3v) is 4.26. The summed E-state index contributed by atoms with van der Waals surface area (Å²) < 4.78 is 6.06. The second-order valence-electron chi connectivity index (χ2n) is 3.76. The predicted octanol–water partition coefficient (Wildman–Crippen LogP) is 3.23. The van der Waals surface area contributed by atoms with Gasteiger partial charge in [0, 0.05) is 4.95 Å². The van der Waals surface area contributed by atoms with Crippen LogP contribution in [0.1, 0.15) is 17.2 Å². The van der Waals surface area contributed by atoms with Crippen LogP contribution in [0.4, 0.5) is 0 Å². The van der Waals surface area contributed by atoms with Crippen LogP contribution in [0.25, 0.3) is 0 Å². The van der Waals surface area contributed by atoms with E-state index in [-0.39, 0.29) is 6.10 Å². The normalized spacial score (nSPS) is 11.4. The van der Waals surface area contributed by atoms with Crippen molar-refractivity contribution >= 4 is 25.7 Å². The van der Waals surface area contributed by atoms with Crippen molar-refractivity contribution in [1.82, 2.24) is 0 Å². The number of hydrogen-bond donors (Lipinski definition) is 0. The fraction of sp³-hybridized carbons (Fsp3) is 0.143. The zero-order valence-corrected chi connectivity index (χ0v) is 12.6. The summed E-state index contributed by atoms with van der Waals surface area (Å²) in [6.07, 6.45) is 0.0848. The first-order chi connectivity index (χ1) is 8.42. The molecule has 0 aromatic heterocycles. The fourth-order valence-electron chi connectivity index (χ4n) is 1.80. The molecule has 2 rings (SSSR count). The van der Waals surface area contributed by atoms with E-state index in [9.17, 15) is 0 Å². The molecule has 0 aliphatic rings. The molecule has 3 heteroatoms. The van der Waals surface area contributed by atoms with Crippen molar-refractivity contribution in [3.63, 3.8) is 0 Å². The van der Waals surface area contributed by atoms with Gasteiger partial charge in [-0.15, -0.1) is 0 Å². The lowest BCUT2D eigenvalue weighted by Gasteiger charge is -2.18. The van der Waals surface area contributed by atoms with Gasteiger partial charge in [0.2, 0.25) is 0 Å². The molecule has 88 valence electrons. The first kappa shape index (κ1) is 12.6. The Balaban J connectivity index is 2.26. The van der Waals surface area contributed by atoms with E-state index >= 15 is 0 Å². The molecule has 0 bridgehead atoms. The highest BCUT2D eigenvalue weighted by Crippen LogP contribution is 2.25. The van der Waals surface area contributed by atoms with E-state index in [1.807, 2.05) is 12.1 Å². The quantitative estimate of drug-likeness (QED) is 0.609. The number of hydrogen-bond acceptors (Lipinski definition) is 1. The van der Waals surface area contributed by atoms with Crippen molar-refractivity contribution in [1.29, 1.82) is 0 Å². The van der Waals surface area contributed by atoms with E-state index in [2.05, 4.69) is 64.5 Å². The monoisotopic (exact) mass is 306 g/mol. The zero-order chi connectivity index (χ0) is 11.9. The molecule has 0 aliphatic carbocycles. The van der Waals surface area contributed by atoms with Crippen LogP contribution < -0.4 is 0 Å². The van der Waals surface area contributed by atoms with Crippen LogP contribution in [0.3, 0.4) is 0 Å². The molecule has 2 aromatic rings. The van der Waals surface area contributed by atoms with Gasteiger partial charge < -0.3 is 4.43 Å². The molecule has 0 N–H and O–H groups in total. The molecule has 0 heterocycles. The van der Waals surface area contributed by atoms with Gasteiger partial charge in [-0.25, -0.2) is 0 Å². The minimum Gasteiger partial charge on any atom is -0.412 e. The summed E-state index contributed by atoms with van der Waals surface area (Å²) in [5.41, 5.74) is 2.46. The lowest BCUT2D eigenvalue weighted by Crippen LogP contribution is -2.10. The van der Waals surface area contributed by atoms with Gasteiger partial charge in [-0.05, 0) is 11.1 Å². The standard InChI is InChI=1S/C14H15BrOSi/c15-11-17-16-14(12-7-3-1-4-8-12)13-9-5-2-6-10-13/h1-10,14H,11,17H2. The molecule has 0 amide bonds. The summed E-state index contributed by atoms with van der Waals surface area (Å²) in [6.45, 7) is 0. The van der Waals surface area contributed by atoms with E-state index < -0.39 is 9.76 Å². The predicted molar refractivity (Wildman–Crippen MR) is 78.2 cm³/mol. The van der Waals surface area contributed by atoms with Gasteiger partial charge in [-0.2, -0.15) is 0 Å². The molecule has 0 fully saturated rings. The molecule has 0 saturated heterocycles. The van der Waals surface area contributed by atoms with E-state index in [0.29, 0.717) is 0 Å². The SMILES string of the molecule is BrC[SiH2]OC(c1ccccc1)c1ccccc1. The van der Waals surface area contributed by atoms with Crippen LogP contribution in [0, 0.1) is 0 Å². The average Bonchev–Trinajstić information content (AvgIpc) is 2.42. The molecule has 0 spiro atoms. The topological polar surface area (TPSA) is 9.23 Å². The van der Waals surface area contributed by atoms with Gasteiger partial charge in [0.05, 0.1) is 6.10 Å². The summed E-state index contributed by atoms with van der Waals surface area (Å²) in [5.74, 6) is 0. The lowest BCUT2D eigenvalue weighted by atomic mass is 10.0. The van der Waals surface area contributed by atoms with Crippen molar-refractivity contribution in [3.8, 4) is 0 Å². The van der Waals surface area contributed by atoms with Crippen LogP contribution in [0.2, 0.25) is 0 Å². The number of rotatable bonds is 5. The van der Waals surface area contributed by atoms with Crippen LogP contribution >= 0.6 is 15.9 Å². The highest BCUT2D eigenvalue weighted by Gasteiger charge is 2.13. The Morgan fingerprint density at radius 1 is 0.882 bits per heavy atom. The molecule has 0 atom stereocenters. The molecule has 0 aliphatic heterocycles. The summed E-state index contributed by atoms with van der Waals surface area (Å²) in [4.78, 5) is 0.989. The van der Waals surface area contributed by atoms with Crippen molar-refractivity contribution < 1.29 is 4.43 Å². The average molecular weight is 307 g/mol. The van der Waals surface area contributed by atoms with E-state index in [1.165, 1.54) is 11.1 Å². The molecule has 17 heavy (non-hydrogen) atoms. The first-order valence-electron chi connectivity index (χ1n) is 5.69. The summed E-state index contributed by atoms with van der Waals surface area (Å²) in [7, 11) is -0.497. The Morgan fingerprint density at radius 3 is 1.76 bits per heavy atom. The van der Waals surface area contributed by atoms with Crippen LogP contribution in [-0.2, 0) is 4.43 Å². The van der Waals surface area contributed by atoms with Crippen LogP contribution in [-0.4, -0.2) is 14.7 Å². The fourth-order valence-corrected chi connectivity index (χ4v) is 3.07. The first-order valence-corrected chi connectivity index (χ1v) is 8.39. The van der Waals surface area contributed by atoms with Crippen molar-refractivity contribution in [3.05, 3.63) is 71.8 Å². The van der Waals surface area contributed by atoms with Gasteiger partial charge in [0.15, 0.2) is 9.76 Å². The highest BCUT2D eigenvalue weighted by molar-refractivity contribution is 9.09. The lowest BCUT2D eigenvalue weighted by molar-refractivity contribution is 0.263. The Bertz CT molecular complexity index is 393. The number of halogens is 1.